The summed E-state index contributed by atoms with van der Waals surface area (Å²) in [6, 6.07) is 3.49. The number of nitrogens with zero attached hydrogens (tertiary/aromatic N) is 2. The summed E-state index contributed by atoms with van der Waals surface area (Å²) in [5.41, 5.74) is -0.0693. The maximum atomic E-state index is 13.5. The van der Waals surface area contributed by atoms with E-state index in [0.29, 0.717) is 0 Å². The van der Waals surface area contributed by atoms with Crippen LogP contribution in [0.15, 0.2) is 30.6 Å². The maximum Gasteiger partial charge on any atom is 0.254 e. The topological polar surface area (TPSA) is 66.9 Å². The van der Waals surface area contributed by atoms with E-state index in [0.717, 1.165) is 12.1 Å². The van der Waals surface area contributed by atoms with Crippen LogP contribution in [0.25, 0.3) is 0 Å². The first-order valence-corrected chi connectivity index (χ1v) is 6.31. The molecule has 0 saturated heterocycles. The Morgan fingerprint density at radius 1 is 1.14 bits per heavy atom. The molecule has 0 saturated carbocycles. The molecule has 0 aliphatic rings. The van der Waals surface area contributed by atoms with Crippen LogP contribution >= 0.6 is 0 Å². The molecule has 2 rings (SSSR count). The van der Waals surface area contributed by atoms with Gasteiger partial charge in [-0.15, -0.1) is 0 Å². The summed E-state index contributed by atoms with van der Waals surface area (Å²) in [5, 5.41) is 5.13. The molecule has 7 heteroatoms. The number of benzene rings is 1. The number of para-hydroxylation sites is 1. The summed E-state index contributed by atoms with van der Waals surface area (Å²) < 4.78 is 26.9. The normalized spacial score (nSPS) is 10.5. The lowest BCUT2D eigenvalue weighted by Gasteiger charge is -2.09. The summed E-state index contributed by atoms with van der Waals surface area (Å²) in [7, 11) is 0. The van der Waals surface area contributed by atoms with Crippen LogP contribution in [-0.4, -0.2) is 21.9 Å². The fourth-order valence-electron chi connectivity index (χ4n) is 1.58. The number of hydrogen-bond donors (Lipinski definition) is 2. The Morgan fingerprint density at radius 2 is 1.71 bits per heavy atom. The molecule has 21 heavy (non-hydrogen) atoms. The van der Waals surface area contributed by atoms with Crippen LogP contribution < -0.4 is 10.6 Å². The molecule has 1 amide bonds. The van der Waals surface area contributed by atoms with E-state index in [4.69, 9.17) is 0 Å². The second-order valence-electron chi connectivity index (χ2n) is 4.65. The van der Waals surface area contributed by atoms with Crippen LogP contribution in [0.1, 0.15) is 24.2 Å². The van der Waals surface area contributed by atoms with Crippen molar-refractivity contribution >= 4 is 17.5 Å². The van der Waals surface area contributed by atoms with Crippen molar-refractivity contribution in [2.24, 2.45) is 0 Å². The van der Waals surface area contributed by atoms with Crippen molar-refractivity contribution in [1.29, 1.82) is 0 Å². The fourth-order valence-corrected chi connectivity index (χ4v) is 1.58. The number of aromatic nitrogens is 2. The third kappa shape index (κ3) is 3.71. The second kappa shape index (κ2) is 6.25. The Kier molecular flexibility index (Phi) is 4.42. The van der Waals surface area contributed by atoms with Crippen molar-refractivity contribution in [2.45, 2.75) is 19.9 Å². The van der Waals surface area contributed by atoms with Gasteiger partial charge in [-0.3, -0.25) is 4.79 Å². The van der Waals surface area contributed by atoms with E-state index in [1.807, 2.05) is 13.8 Å². The Morgan fingerprint density at radius 3 is 2.24 bits per heavy atom. The van der Waals surface area contributed by atoms with Crippen molar-refractivity contribution in [1.82, 2.24) is 15.3 Å². The Bertz CT molecular complexity index is 624. The molecule has 1 heterocycles. The molecule has 0 fully saturated rings. The number of carbonyl (C=O) groups is 1. The Hall–Kier alpha value is -2.57. The van der Waals surface area contributed by atoms with Gasteiger partial charge < -0.3 is 10.6 Å². The van der Waals surface area contributed by atoms with E-state index in [1.54, 1.807) is 0 Å². The van der Waals surface area contributed by atoms with Crippen LogP contribution in [0, 0.1) is 11.6 Å². The van der Waals surface area contributed by atoms with Crippen LogP contribution in [0.2, 0.25) is 0 Å². The zero-order valence-electron chi connectivity index (χ0n) is 11.5. The number of amides is 1. The number of hydrogen-bond acceptors (Lipinski definition) is 4. The van der Waals surface area contributed by atoms with E-state index in [-0.39, 0.29) is 29.1 Å². The Balaban J connectivity index is 2.15. The Labute approximate surface area is 120 Å². The highest BCUT2D eigenvalue weighted by atomic mass is 19.1. The molecule has 1 aromatic heterocycles. The molecule has 0 aliphatic heterocycles. The minimum atomic E-state index is -0.750. The first kappa shape index (κ1) is 14.8. The first-order valence-electron chi connectivity index (χ1n) is 6.31. The van der Waals surface area contributed by atoms with Crippen LogP contribution in [0.5, 0.6) is 0 Å². The van der Waals surface area contributed by atoms with Crippen molar-refractivity contribution in [3.63, 3.8) is 0 Å². The summed E-state index contributed by atoms with van der Waals surface area (Å²) in [4.78, 5) is 19.4. The number of anilines is 2. The molecule has 1 aromatic carbocycles. The standard InChI is InChI=1S/C14H14F2N4O/c1-8(2)19-13(21)9-6-17-14(18-7-9)20-12-10(15)4-3-5-11(12)16/h3-8H,1-2H3,(H,19,21)(H,17,18,20). The SMILES string of the molecule is CC(C)NC(=O)c1cnc(Nc2c(F)cccc2F)nc1. The lowest BCUT2D eigenvalue weighted by atomic mass is 10.3. The van der Waals surface area contributed by atoms with Crippen LogP contribution in [0.3, 0.4) is 0 Å². The monoisotopic (exact) mass is 292 g/mol. The van der Waals surface area contributed by atoms with Gasteiger partial charge in [0, 0.05) is 18.4 Å². The molecule has 0 bridgehead atoms. The van der Waals surface area contributed by atoms with Gasteiger partial charge in [-0.2, -0.15) is 0 Å². The molecule has 0 spiro atoms. The quantitative estimate of drug-likeness (QED) is 0.909. The molecule has 0 aliphatic carbocycles. The van der Waals surface area contributed by atoms with E-state index in [1.165, 1.54) is 18.5 Å². The highest BCUT2D eigenvalue weighted by Gasteiger charge is 2.11. The van der Waals surface area contributed by atoms with Gasteiger partial charge >= 0.3 is 0 Å². The van der Waals surface area contributed by atoms with Gasteiger partial charge in [0.15, 0.2) is 0 Å². The van der Waals surface area contributed by atoms with Gasteiger partial charge in [0.25, 0.3) is 5.91 Å². The van der Waals surface area contributed by atoms with Crippen molar-refractivity contribution < 1.29 is 13.6 Å². The van der Waals surface area contributed by atoms with E-state index >= 15 is 0 Å². The molecule has 2 aromatic rings. The highest BCUT2D eigenvalue weighted by Crippen LogP contribution is 2.20. The maximum absolute atomic E-state index is 13.5. The molecule has 0 atom stereocenters. The fraction of sp³-hybridized carbons (Fsp3) is 0.214. The lowest BCUT2D eigenvalue weighted by molar-refractivity contribution is 0.0942. The number of rotatable bonds is 4. The summed E-state index contributed by atoms with van der Waals surface area (Å²) in [5.74, 6) is -1.81. The van der Waals surface area contributed by atoms with Crippen molar-refractivity contribution in [3.05, 3.63) is 47.8 Å². The number of halogens is 2. The predicted molar refractivity (Wildman–Crippen MR) is 74.3 cm³/mol. The average Bonchev–Trinajstić information content (AvgIpc) is 2.43. The summed E-state index contributed by atoms with van der Waals surface area (Å²) in [6.07, 6.45) is 2.57. The zero-order valence-corrected chi connectivity index (χ0v) is 11.5. The smallest absolute Gasteiger partial charge is 0.254 e. The lowest BCUT2D eigenvalue weighted by Crippen LogP contribution is -2.30. The van der Waals surface area contributed by atoms with E-state index in [9.17, 15) is 13.6 Å². The van der Waals surface area contributed by atoms with E-state index in [2.05, 4.69) is 20.6 Å². The molecule has 0 unspecified atom stereocenters. The van der Waals surface area contributed by atoms with Crippen LogP contribution in [0.4, 0.5) is 20.4 Å². The van der Waals surface area contributed by atoms with Gasteiger partial charge in [0.2, 0.25) is 5.95 Å². The molecular weight excluding hydrogens is 278 g/mol. The van der Waals surface area contributed by atoms with Gasteiger partial charge in [0.1, 0.15) is 17.3 Å². The molecule has 0 radical (unpaired) electrons. The summed E-state index contributed by atoms with van der Waals surface area (Å²) in [6.45, 7) is 3.66. The third-order valence-electron chi connectivity index (χ3n) is 2.53. The largest absolute Gasteiger partial charge is 0.350 e. The van der Waals surface area contributed by atoms with Crippen LogP contribution in [-0.2, 0) is 0 Å². The van der Waals surface area contributed by atoms with Gasteiger partial charge in [0.05, 0.1) is 5.56 Å². The second-order valence-corrected chi connectivity index (χ2v) is 4.65. The number of nitrogens with one attached hydrogen (secondary N) is 2. The van der Waals surface area contributed by atoms with Crippen molar-refractivity contribution in [2.75, 3.05) is 5.32 Å². The third-order valence-corrected chi connectivity index (χ3v) is 2.53. The molecule has 5 nitrogen and oxygen atoms in total. The first-order chi connectivity index (χ1) is 9.97. The number of carbonyl (C=O) groups excluding carboxylic acids is 1. The summed E-state index contributed by atoms with van der Waals surface area (Å²) >= 11 is 0. The van der Waals surface area contributed by atoms with E-state index < -0.39 is 11.6 Å². The molecule has 2 N–H and O–H groups in total. The minimum absolute atomic E-state index is 0.0000898. The minimum Gasteiger partial charge on any atom is -0.350 e. The molecular formula is C14H14F2N4O. The van der Waals surface area contributed by atoms with Gasteiger partial charge in [-0.25, -0.2) is 18.7 Å². The van der Waals surface area contributed by atoms with Crippen molar-refractivity contribution in [3.8, 4) is 0 Å². The predicted octanol–water partition coefficient (Wildman–Crippen LogP) is 2.64. The molecule has 110 valence electrons. The highest BCUT2D eigenvalue weighted by molar-refractivity contribution is 5.93. The average molecular weight is 292 g/mol. The van der Waals surface area contributed by atoms with Gasteiger partial charge in [-0.1, -0.05) is 6.07 Å². The zero-order chi connectivity index (χ0) is 15.4. The van der Waals surface area contributed by atoms with Gasteiger partial charge in [-0.05, 0) is 26.0 Å².